The second-order valence-corrected chi connectivity index (χ2v) is 18.4. The summed E-state index contributed by atoms with van der Waals surface area (Å²) in [5.74, 6) is 0. The van der Waals surface area contributed by atoms with Gasteiger partial charge in [0.2, 0.25) is 0 Å². The van der Waals surface area contributed by atoms with Crippen LogP contribution in [0.15, 0.2) is 273 Å². The molecule has 0 fully saturated rings. The minimum Gasteiger partial charge on any atom is -0.310 e. The van der Waals surface area contributed by atoms with Crippen molar-refractivity contribution in [3.05, 3.63) is 295 Å². The molecule has 11 aromatic carbocycles. The molecule has 0 amide bonds. The van der Waals surface area contributed by atoms with Crippen LogP contribution in [0.5, 0.6) is 0 Å². The Hall–Kier alpha value is -9.18. The van der Waals surface area contributed by atoms with Gasteiger partial charge < -0.3 is 14.4 Å². The highest BCUT2D eigenvalue weighted by atomic mass is 15.2. The highest BCUT2D eigenvalue weighted by molar-refractivity contribution is 6.10. The Morgan fingerprint density at radius 2 is 0.786 bits per heavy atom. The highest BCUT2D eigenvalue weighted by Gasteiger charge is 2.52. The van der Waals surface area contributed by atoms with Gasteiger partial charge in [0.15, 0.2) is 0 Å². The van der Waals surface area contributed by atoms with Crippen LogP contribution in [0.25, 0.3) is 60.9 Å². The molecule has 0 radical (unpaired) electrons. The molecule has 1 aromatic heterocycles. The van der Waals surface area contributed by atoms with E-state index in [1.54, 1.807) is 0 Å². The van der Waals surface area contributed by atoms with Gasteiger partial charge in [0.05, 0.1) is 22.1 Å². The molecule has 0 saturated heterocycles. The lowest BCUT2D eigenvalue weighted by molar-refractivity contribution is 0.793. The first-order valence-corrected chi connectivity index (χ1v) is 24.2. The van der Waals surface area contributed by atoms with Crippen LogP contribution in [-0.2, 0) is 5.41 Å². The van der Waals surface area contributed by atoms with Crippen LogP contribution in [0.1, 0.15) is 22.3 Å². The number of fused-ring (bicyclic) bond motifs is 13. The Bertz CT molecular complexity index is 3900. The molecule has 1 atom stereocenters. The van der Waals surface area contributed by atoms with Crippen molar-refractivity contribution < 1.29 is 0 Å². The first kappa shape index (κ1) is 39.9. The fraction of sp³-hybridized carbons (Fsp3) is 0.0149. The predicted octanol–water partition coefficient (Wildman–Crippen LogP) is 17.7. The van der Waals surface area contributed by atoms with Crippen LogP contribution in [-0.4, -0.2) is 4.57 Å². The average molecular weight is 892 g/mol. The van der Waals surface area contributed by atoms with Crippen molar-refractivity contribution in [3.8, 4) is 39.1 Å². The maximum Gasteiger partial charge on any atom is 0.0726 e. The number of rotatable bonds is 8. The van der Waals surface area contributed by atoms with Crippen LogP contribution in [0, 0.1) is 0 Å². The van der Waals surface area contributed by atoms with Gasteiger partial charge in [-0.1, -0.05) is 188 Å². The molecular formula is C67H45N3. The molecule has 1 spiro atoms. The predicted molar refractivity (Wildman–Crippen MR) is 292 cm³/mol. The zero-order valence-electron chi connectivity index (χ0n) is 38.3. The number of nitrogens with zero attached hydrogens (tertiary/aromatic N) is 3. The highest BCUT2D eigenvalue weighted by Crippen LogP contribution is 2.65. The second kappa shape index (κ2) is 16.0. The first-order valence-electron chi connectivity index (χ1n) is 24.2. The Morgan fingerprint density at radius 3 is 1.51 bits per heavy atom. The zero-order chi connectivity index (χ0) is 46.2. The summed E-state index contributed by atoms with van der Waals surface area (Å²) >= 11 is 0. The first-order chi connectivity index (χ1) is 34.8. The lowest BCUT2D eigenvalue weighted by atomic mass is 9.70. The monoisotopic (exact) mass is 891 g/mol. The van der Waals surface area contributed by atoms with E-state index >= 15 is 0 Å². The Labute approximate surface area is 408 Å². The van der Waals surface area contributed by atoms with E-state index < -0.39 is 5.41 Å². The normalized spacial score (nSPS) is 14.1. The van der Waals surface area contributed by atoms with Crippen LogP contribution in [0.2, 0.25) is 0 Å². The zero-order valence-corrected chi connectivity index (χ0v) is 38.3. The van der Waals surface area contributed by atoms with Crippen molar-refractivity contribution in [3.63, 3.8) is 0 Å². The molecule has 0 N–H and O–H groups in total. The largest absolute Gasteiger partial charge is 0.310 e. The van der Waals surface area contributed by atoms with Gasteiger partial charge in [-0.2, -0.15) is 0 Å². The Morgan fingerprint density at radius 1 is 0.286 bits per heavy atom. The van der Waals surface area contributed by atoms with Gasteiger partial charge in [-0.25, -0.2) is 0 Å². The summed E-state index contributed by atoms with van der Waals surface area (Å²) in [5.41, 5.74) is 22.3. The van der Waals surface area contributed by atoms with Crippen LogP contribution in [0.4, 0.5) is 34.1 Å². The van der Waals surface area contributed by atoms with E-state index in [2.05, 4.69) is 287 Å². The topological polar surface area (TPSA) is 11.4 Å². The maximum atomic E-state index is 2.45. The number of hydrogen-bond donors (Lipinski definition) is 0. The van der Waals surface area contributed by atoms with Crippen LogP contribution < -0.4 is 9.80 Å². The number of benzene rings is 11. The van der Waals surface area contributed by atoms with Gasteiger partial charge in [0, 0.05) is 50.5 Å². The summed E-state index contributed by atoms with van der Waals surface area (Å²) in [4.78, 5) is 4.87. The second-order valence-electron chi connectivity index (χ2n) is 18.4. The molecule has 3 nitrogen and oxygen atoms in total. The third kappa shape index (κ3) is 5.95. The standard InChI is InChI=1S/C67H45N3/c1-5-20-46(21-6-1)47-36-38-51(39-37-47)68(53-40-42-56-55-29-15-18-34-63(55)70(65(56)45-53)50-26-11-4-12-27-50)52-41-43-61-58(44-52)54-28-13-16-31-59(54)67(61)60-32-17-14-30-57(60)66-62(67)33-19-35-64(66)69(48-22-7-2-8-23-48)49-24-9-3-10-25-49/h1-45H. The summed E-state index contributed by atoms with van der Waals surface area (Å²) in [6, 6.07) is 100. The molecular weight excluding hydrogens is 847 g/mol. The Kier molecular flexibility index (Phi) is 9.11. The molecule has 0 saturated carbocycles. The van der Waals surface area contributed by atoms with E-state index in [4.69, 9.17) is 0 Å². The van der Waals surface area contributed by atoms with E-state index in [0.717, 1.165) is 45.3 Å². The summed E-state index contributed by atoms with van der Waals surface area (Å²) < 4.78 is 2.41. The fourth-order valence-electron chi connectivity index (χ4n) is 11.9. The molecule has 2 aliphatic rings. The van der Waals surface area contributed by atoms with E-state index in [-0.39, 0.29) is 0 Å². The molecule has 70 heavy (non-hydrogen) atoms. The number of hydrogen-bond acceptors (Lipinski definition) is 2. The molecule has 0 aliphatic heterocycles. The fourth-order valence-corrected chi connectivity index (χ4v) is 11.9. The van der Waals surface area contributed by atoms with Gasteiger partial charge in [0.25, 0.3) is 0 Å². The minimum absolute atomic E-state index is 0.539. The average Bonchev–Trinajstić information content (AvgIpc) is 4.04. The SMILES string of the molecule is c1ccc(-c2ccc(N(c3ccc4c(c3)-c3ccccc3C43c4ccccc4-c4c(N(c5ccccc5)c5ccccc5)cccc43)c3ccc4c5ccccc5n(-c5ccccc5)c4c3)cc2)cc1. The number of para-hydroxylation sites is 4. The van der Waals surface area contributed by atoms with Gasteiger partial charge in [-0.3, -0.25) is 0 Å². The molecule has 0 bridgehead atoms. The van der Waals surface area contributed by atoms with Crippen molar-refractivity contribution in [1.82, 2.24) is 4.57 Å². The number of anilines is 6. The van der Waals surface area contributed by atoms with Gasteiger partial charge in [0.1, 0.15) is 0 Å². The molecule has 1 unspecified atom stereocenters. The van der Waals surface area contributed by atoms with E-state index in [9.17, 15) is 0 Å². The quantitative estimate of drug-likeness (QED) is 0.151. The summed E-state index contributed by atoms with van der Waals surface area (Å²) in [7, 11) is 0. The van der Waals surface area contributed by atoms with Crippen molar-refractivity contribution in [2.45, 2.75) is 5.41 Å². The lowest BCUT2D eigenvalue weighted by Crippen LogP contribution is -2.26. The molecule has 1 heterocycles. The van der Waals surface area contributed by atoms with E-state index in [0.29, 0.717) is 0 Å². The van der Waals surface area contributed by atoms with Gasteiger partial charge in [-0.15, -0.1) is 0 Å². The lowest BCUT2D eigenvalue weighted by Gasteiger charge is -2.32. The molecule has 2 aliphatic carbocycles. The molecule has 3 heteroatoms. The van der Waals surface area contributed by atoms with Gasteiger partial charge in [-0.05, 0) is 135 Å². The van der Waals surface area contributed by atoms with Crippen molar-refractivity contribution >= 4 is 55.9 Å². The third-order valence-corrected chi connectivity index (χ3v) is 14.8. The number of aromatic nitrogens is 1. The molecule has 14 rings (SSSR count). The smallest absolute Gasteiger partial charge is 0.0726 e. The summed E-state index contributed by atoms with van der Waals surface area (Å²) in [6.07, 6.45) is 0. The minimum atomic E-state index is -0.539. The van der Waals surface area contributed by atoms with Crippen molar-refractivity contribution in [1.29, 1.82) is 0 Å². The molecule has 12 aromatic rings. The van der Waals surface area contributed by atoms with Crippen molar-refractivity contribution in [2.75, 3.05) is 9.80 Å². The van der Waals surface area contributed by atoms with E-state index in [1.807, 2.05) is 0 Å². The van der Waals surface area contributed by atoms with E-state index in [1.165, 1.54) is 71.9 Å². The summed E-state index contributed by atoms with van der Waals surface area (Å²) in [6.45, 7) is 0. The maximum absolute atomic E-state index is 2.45. The Balaban J connectivity index is 0.995. The summed E-state index contributed by atoms with van der Waals surface area (Å²) in [5, 5.41) is 2.46. The van der Waals surface area contributed by atoms with Crippen LogP contribution in [0.3, 0.4) is 0 Å². The van der Waals surface area contributed by atoms with Crippen molar-refractivity contribution in [2.24, 2.45) is 0 Å². The third-order valence-electron chi connectivity index (χ3n) is 14.8. The molecule has 328 valence electrons. The van der Waals surface area contributed by atoms with Gasteiger partial charge >= 0.3 is 0 Å². The van der Waals surface area contributed by atoms with Crippen LogP contribution >= 0.6 is 0 Å².